The van der Waals surface area contributed by atoms with Crippen LogP contribution in [0.3, 0.4) is 0 Å². The highest BCUT2D eigenvalue weighted by Gasteiger charge is 2.22. The van der Waals surface area contributed by atoms with E-state index in [0.717, 1.165) is 17.0 Å². The van der Waals surface area contributed by atoms with Gasteiger partial charge in [0, 0.05) is 18.1 Å². The predicted octanol–water partition coefficient (Wildman–Crippen LogP) is 1.86. The van der Waals surface area contributed by atoms with Crippen molar-refractivity contribution in [1.29, 1.82) is 0 Å². The van der Waals surface area contributed by atoms with Crippen molar-refractivity contribution in [3.8, 4) is 0 Å². The van der Waals surface area contributed by atoms with Gasteiger partial charge in [0.05, 0.1) is 6.04 Å². The number of hydrogen-bond acceptors (Lipinski definition) is 2. The summed E-state index contributed by atoms with van der Waals surface area (Å²) in [6.45, 7) is 0.775. The lowest BCUT2D eigenvalue weighted by Crippen LogP contribution is -2.42. The highest BCUT2D eigenvalue weighted by molar-refractivity contribution is 9.10. The van der Waals surface area contributed by atoms with Gasteiger partial charge in [-0.05, 0) is 24.5 Å². The maximum absolute atomic E-state index is 5.51. The molecule has 1 aromatic rings. The Labute approximate surface area is 110 Å². The monoisotopic (exact) mass is 296 g/mol. The van der Waals surface area contributed by atoms with Crippen LogP contribution in [-0.2, 0) is 6.54 Å². The molecule has 1 fully saturated rings. The van der Waals surface area contributed by atoms with Gasteiger partial charge in [-0.1, -0.05) is 34.1 Å². The summed E-state index contributed by atoms with van der Waals surface area (Å²) in [4.78, 5) is 6.55. The van der Waals surface area contributed by atoms with Crippen molar-refractivity contribution in [3.63, 3.8) is 0 Å². The lowest BCUT2D eigenvalue weighted by Gasteiger charge is -2.21. The van der Waals surface area contributed by atoms with Crippen molar-refractivity contribution in [2.24, 2.45) is 10.8 Å². The van der Waals surface area contributed by atoms with E-state index in [9.17, 15) is 0 Å². The van der Waals surface area contributed by atoms with Crippen molar-refractivity contribution >= 4 is 21.9 Å². The Morgan fingerprint density at radius 1 is 1.53 bits per heavy atom. The van der Waals surface area contributed by atoms with Gasteiger partial charge in [-0.2, -0.15) is 0 Å². The molecule has 0 radical (unpaired) electrons. The molecule has 0 aromatic heterocycles. The second kappa shape index (κ2) is 5.51. The molecule has 0 bridgehead atoms. The number of aliphatic imine (C=N–C) groups is 1. The Hall–Kier alpha value is -1.07. The quantitative estimate of drug-likeness (QED) is 0.387. The highest BCUT2D eigenvalue weighted by Crippen LogP contribution is 2.24. The van der Waals surface area contributed by atoms with Gasteiger partial charge in [0.1, 0.15) is 0 Å². The van der Waals surface area contributed by atoms with E-state index < -0.39 is 0 Å². The van der Waals surface area contributed by atoms with Crippen LogP contribution in [0.5, 0.6) is 0 Å². The van der Waals surface area contributed by atoms with Gasteiger partial charge in [-0.3, -0.25) is 5.43 Å². The molecule has 0 amide bonds. The van der Waals surface area contributed by atoms with Gasteiger partial charge in [-0.25, -0.2) is 10.8 Å². The van der Waals surface area contributed by atoms with Gasteiger partial charge in [0.15, 0.2) is 0 Å². The van der Waals surface area contributed by atoms with E-state index in [1.807, 2.05) is 30.1 Å². The highest BCUT2D eigenvalue weighted by atomic mass is 79.9. The number of hydrazine groups is 1. The molecule has 1 saturated carbocycles. The fraction of sp³-hybridized carbons (Fsp3) is 0.417. The van der Waals surface area contributed by atoms with Crippen LogP contribution in [0.4, 0.5) is 0 Å². The maximum Gasteiger partial charge on any atom is 0.208 e. The molecule has 4 nitrogen and oxygen atoms in total. The second-order valence-electron chi connectivity index (χ2n) is 4.28. The largest absolute Gasteiger partial charge is 0.341 e. The minimum Gasteiger partial charge on any atom is -0.341 e. The standard InChI is InChI=1S/C12H17BrN4/c1-17(12(16-14)15-10-6-7-10)8-9-4-2-3-5-11(9)13/h2-5,10H,6-8,14H2,1H3,(H,15,16). The molecule has 0 heterocycles. The lowest BCUT2D eigenvalue weighted by molar-refractivity contribution is 0.475. The summed E-state index contributed by atoms with van der Waals surface area (Å²) in [6, 6.07) is 8.63. The van der Waals surface area contributed by atoms with Gasteiger partial charge < -0.3 is 4.90 Å². The lowest BCUT2D eigenvalue weighted by atomic mass is 10.2. The number of guanidine groups is 1. The molecule has 0 saturated heterocycles. The maximum atomic E-state index is 5.51. The zero-order chi connectivity index (χ0) is 12.3. The topological polar surface area (TPSA) is 53.6 Å². The van der Waals surface area contributed by atoms with Gasteiger partial charge >= 0.3 is 0 Å². The Morgan fingerprint density at radius 2 is 2.24 bits per heavy atom. The van der Waals surface area contributed by atoms with Crippen molar-refractivity contribution in [3.05, 3.63) is 34.3 Å². The van der Waals surface area contributed by atoms with E-state index >= 15 is 0 Å². The Morgan fingerprint density at radius 3 is 2.82 bits per heavy atom. The summed E-state index contributed by atoms with van der Waals surface area (Å²) in [7, 11) is 1.99. The Kier molecular flexibility index (Phi) is 4.02. The third-order valence-corrected chi connectivity index (χ3v) is 3.48. The molecule has 17 heavy (non-hydrogen) atoms. The summed E-state index contributed by atoms with van der Waals surface area (Å²) < 4.78 is 1.11. The Bertz CT molecular complexity index is 415. The molecule has 1 aliphatic carbocycles. The number of hydrogen-bond donors (Lipinski definition) is 2. The van der Waals surface area contributed by atoms with Crippen LogP contribution in [-0.4, -0.2) is 23.9 Å². The number of nitrogens with one attached hydrogen (secondary N) is 1. The summed E-state index contributed by atoms with van der Waals surface area (Å²) in [5.41, 5.74) is 3.89. The normalized spacial score (nSPS) is 15.8. The Balaban J connectivity index is 2.04. The molecule has 5 heteroatoms. The first kappa shape index (κ1) is 12.4. The van der Waals surface area contributed by atoms with Crippen LogP contribution in [0, 0.1) is 0 Å². The van der Waals surface area contributed by atoms with Gasteiger partial charge in [-0.15, -0.1) is 0 Å². The molecule has 1 aliphatic rings. The zero-order valence-electron chi connectivity index (χ0n) is 9.86. The van der Waals surface area contributed by atoms with Crippen LogP contribution in [0.15, 0.2) is 33.7 Å². The SMILES string of the molecule is CN(Cc1ccccc1Br)C(=NC1CC1)NN. The molecule has 92 valence electrons. The van der Waals surface area contributed by atoms with E-state index in [4.69, 9.17) is 5.84 Å². The first-order valence-electron chi connectivity index (χ1n) is 5.69. The molecule has 0 spiro atoms. The summed E-state index contributed by atoms with van der Waals surface area (Å²) in [6.07, 6.45) is 2.35. The average Bonchev–Trinajstić information content (AvgIpc) is 3.12. The van der Waals surface area contributed by atoms with E-state index in [1.54, 1.807) is 0 Å². The number of nitrogens with zero attached hydrogens (tertiary/aromatic N) is 2. The minimum atomic E-state index is 0.461. The molecule has 0 atom stereocenters. The van der Waals surface area contributed by atoms with E-state index in [0.29, 0.717) is 6.04 Å². The molecule has 3 N–H and O–H groups in total. The van der Waals surface area contributed by atoms with E-state index in [-0.39, 0.29) is 0 Å². The van der Waals surface area contributed by atoms with Crippen LogP contribution in [0.1, 0.15) is 18.4 Å². The number of benzene rings is 1. The van der Waals surface area contributed by atoms with Gasteiger partial charge in [0.2, 0.25) is 5.96 Å². The summed E-state index contributed by atoms with van der Waals surface area (Å²) in [5, 5.41) is 0. The zero-order valence-corrected chi connectivity index (χ0v) is 11.4. The van der Waals surface area contributed by atoms with E-state index in [2.05, 4.69) is 32.4 Å². The van der Waals surface area contributed by atoms with Crippen molar-refractivity contribution in [2.45, 2.75) is 25.4 Å². The first-order valence-corrected chi connectivity index (χ1v) is 6.49. The average molecular weight is 297 g/mol. The van der Waals surface area contributed by atoms with Crippen LogP contribution in [0.25, 0.3) is 0 Å². The summed E-state index contributed by atoms with van der Waals surface area (Å²) in [5.74, 6) is 6.26. The minimum absolute atomic E-state index is 0.461. The smallest absolute Gasteiger partial charge is 0.208 e. The van der Waals surface area contributed by atoms with Crippen molar-refractivity contribution in [2.75, 3.05) is 7.05 Å². The molecular formula is C12H17BrN4. The van der Waals surface area contributed by atoms with Crippen LogP contribution in [0.2, 0.25) is 0 Å². The molecule has 0 aliphatic heterocycles. The number of halogens is 1. The van der Waals surface area contributed by atoms with E-state index in [1.165, 1.54) is 18.4 Å². The van der Waals surface area contributed by atoms with Gasteiger partial charge in [0.25, 0.3) is 0 Å². The molecule has 1 aromatic carbocycles. The second-order valence-corrected chi connectivity index (χ2v) is 5.13. The van der Waals surface area contributed by atoms with Crippen LogP contribution >= 0.6 is 15.9 Å². The molecular weight excluding hydrogens is 280 g/mol. The third-order valence-electron chi connectivity index (χ3n) is 2.71. The first-order chi connectivity index (χ1) is 8.20. The van der Waals surface area contributed by atoms with Crippen LogP contribution < -0.4 is 11.3 Å². The van der Waals surface area contributed by atoms with Crippen molar-refractivity contribution < 1.29 is 0 Å². The molecule has 0 unspecified atom stereocenters. The molecule has 2 rings (SSSR count). The van der Waals surface area contributed by atoms with Crippen molar-refractivity contribution in [1.82, 2.24) is 10.3 Å². The predicted molar refractivity (Wildman–Crippen MR) is 73.4 cm³/mol. The summed E-state index contributed by atoms with van der Waals surface area (Å²) >= 11 is 3.54. The number of rotatable bonds is 3. The number of nitrogens with two attached hydrogens (primary N) is 1. The fourth-order valence-electron chi connectivity index (χ4n) is 1.58. The fourth-order valence-corrected chi connectivity index (χ4v) is 1.99. The third kappa shape index (κ3) is 3.44.